The first kappa shape index (κ1) is 25.4. The van der Waals surface area contributed by atoms with Gasteiger partial charge >= 0.3 is 5.97 Å². The lowest BCUT2D eigenvalue weighted by Gasteiger charge is -2.25. The van der Waals surface area contributed by atoms with E-state index in [1.807, 2.05) is 6.92 Å². The van der Waals surface area contributed by atoms with Gasteiger partial charge in [0.2, 0.25) is 0 Å². The van der Waals surface area contributed by atoms with Crippen LogP contribution in [0.5, 0.6) is 11.5 Å². The zero-order chi connectivity index (χ0) is 26.5. The predicted molar refractivity (Wildman–Crippen MR) is 136 cm³/mol. The molecule has 4 rings (SSSR count). The van der Waals surface area contributed by atoms with Crippen LogP contribution in [0.1, 0.15) is 40.9 Å². The topological polar surface area (TPSA) is 115 Å². The van der Waals surface area contributed by atoms with E-state index in [1.165, 1.54) is 37.4 Å². The second kappa shape index (κ2) is 10.9. The molecule has 1 fully saturated rings. The zero-order valence-corrected chi connectivity index (χ0v) is 20.6. The largest absolute Gasteiger partial charge is 0.507 e. The van der Waals surface area contributed by atoms with Crippen molar-refractivity contribution < 1.29 is 33.7 Å². The van der Waals surface area contributed by atoms with Gasteiger partial charge in [0.25, 0.3) is 11.7 Å². The monoisotopic (exact) mass is 502 g/mol. The van der Waals surface area contributed by atoms with Crippen LogP contribution in [0, 0.1) is 0 Å². The average Bonchev–Trinajstić information content (AvgIpc) is 3.21. The number of benzene rings is 2. The van der Waals surface area contributed by atoms with Crippen LogP contribution >= 0.6 is 0 Å². The third-order valence-electron chi connectivity index (χ3n) is 5.90. The number of nitrogens with zero attached hydrogens (tertiary/aromatic N) is 2. The first-order chi connectivity index (χ1) is 17.9. The van der Waals surface area contributed by atoms with Gasteiger partial charge < -0.3 is 19.3 Å². The molecule has 1 amide bonds. The summed E-state index contributed by atoms with van der Waals surface area (Å²) in [5.74, 6) is -1.86. The summed E-state index contributed by atoms with van der Waals surface area (Å²) in [7, 11) is 2.94. The summed E-state index contributed by atoms with van der Waals surface area (Å²) in [6.45, 7) is 2.14. The van der Waals surface area contributed by atoms with Gasteiger partial charge in [0, 0.05) is 23.6 Å². The van der Waals surface area contributed by atoms with E-state index in [9.17, 15) is 19.5 Å². The highest BCUT2D eigenvalue weighted by molar-refractivity contribution is 6.51. The van der Waals surface area contributed by atoms with E-state index in [-0.39, 0.29) is 29.1 Å². The number of carbonyl (C=O) groups excluding carboxylic acids is 3. The number of carbonyl (C=O) groups is 3. The molecule has 0 aliphatic carbocycles. The van der Waals surface area contributed by atoms with Gasteiger partial charge in [0.1, 0.15) is 5.76 Å². The van der Waals surface area contributed by atoms with E-state index in [4.69, 9.17) is 14.2 Å². The van der Waals surface area contributed by atoms with Gasteiger partial charge in [-0.3, -0.25) is 19.5 Å². The first-order valence-electron chi connectivity index (χ1n) is 11.6. The lowest BCUT2D eigenvalue weighted by Crippen LogP contribution is -2.29. The van der Waals surface area contributed by atoms with E-state index < -0.39 is 23.7 Å². The zero-order valence-electron chi connectivity index (χ0n) is 20.6. The number of methoxy groups -OCH3 is 2. The number of ketones is 1. The number of aliphatic hydroxyl groups is 1. The summed E-state index contributed by atoms with van der Waals surface area (Å²) >= 11 is 0. The maximum absolute atomic E-state index is 13.4. The molecule has 9 heteroatoms. The fourth-order valence-corrected chi connectivity index (χ4v) is 4.15. The van der Waals surface area contributed by atoms with Gasteiger partial charge in [0.05, 0.1) is 38.0 Å². The molecule has 0 bridgehead atoms. The summed E-state index contributed by atoms with van der Waals surface area (Å²) in [5, 5.41) is 11.3. The van der Waals surface area contributed by atoms with E-state index in [0.29, 0.717) is 29.2 Å². The molecule has 1 aliphatic rings. The molecule has 0 radical (unpaired) electrons. The van der Waals surface area contributed by atoms with Crippen molar-refractivity contribution in [1.29, 1.82) is 0 Å². The van der Waals surface area contributed by atoms with Crippen molar-refractivity contribution in [3.63, 3.8) is 0 Å². The van der Waals surface area contributed by atoms with Gasteiger partial charge in [-0.2, -0.15) is 0 Å². The number of amides is 1. The smallest absolute Gasteiger partial charge is 0.338 e. The summed E-state index contributed by atoms with van der Waals surface area (Å²) in [5.41, 5.74) is 1.18. The molecule has 1 atom stereocenters. The standard InChI is InChI=1S/C28H26N2O7/c1-4-13-37-28(34)18-7-5-9-20(14-18)30-24(19-8-6-12-29-16-19)23(26(32)27(30)33)25(31)17-10-11-21(35-2)22(15-17)36-3/h5-12,14-16,24,31H,4,13H2,1-3H3/b25-23+. The Balaban J connectivity index is 1.87. The Hall–Kier alpha value is -4.66. The SMILES string of the molecule is CCCOC(=O)c1cccc(N2C(=O)C(=O)/C(=C(/O)c3ccc(OC)c(OC)c3)C2c2cccnc2)c1. The molecular weight excluding hydrogens is 476 g/mol. The highest BCUT2D eigenvalue weighted by Gasteiger charge is 2.47. The molecule has 1 saturated heterocycles. The summed E-state index contributed by atoms with van der Waals surface area (Å²) in [6, 6.07) is 13.3. The highest BCUT2D eigenvalue weighted by Crippen LogP contribution is 2.43. The maximum Gasteiger partial charge on any atom is 0.338 e. The molecule has 1 unspecified atom stereocenters. The number of rotatable bonds is 8. The van der Waals surface area contributed by atoms with Crippen molar-refractivity contribution in [2.75, 3.05) is 25.7 Å². The number of Topliss-reactive ketones (excluding diaryl/α,β-unsaturated/α-hetero) is 1. The normalized spacial score (nSPS) is 16.5. The number of pyridine rings is 1. The van der Waals surface area contributed by atoms with E-state index in [1.54, 1.807) is 48.7 Å². The number of hydrogen-bond donors (Lipinski definition) is 1. The molecule has 3 aromatic rings. The second-order valence-corrected chi connectivity index (χ2v) is 8.21. The Labute approximate surface area is 213 Å². The minimum absolute atomic E-state index is 0.121. The van der Waals surface area contributed by atoms with Crippen LogP contribution in [0.2, 0.25) is 0 Å². The van der Waals surface area contributed by atoms with Gasteiger partial charge in [-0.25, -0.2) is 4.79 Å². The summed E-state index contributed by atoms with van der Waals surface area (Å²) < 4.78 is 15.8. The van der Waals surface area contributed by atoms with E-state index >= 15 is 0 Å². The minimum atomic E-state index is -0.997. The van der Waals surface area contributed by atoms with Gasteiger partial charge in [-0.1, -0.05) is 19.1 Å². The molecule has 2 aromatic carbocycles. The number of hydrogen-bond acceptors (Lipinski definition) is 8. The van der Waals surface area contributed by atoms with Crippen molar-refractivity contribution >= 4 is 29.1 Å². The molecule has 9 nitrogen and oxygen atoms in total. The summed E-state index contributed by atoms with van der Waals surface area (Å²) in [4.78, 5) is 44.6. The van der Waals surface area contributed by atoms with E-state index in [2.05, 4.69) is 4.98 Å². The van der Waals surface area contributed by atoms with Crippen molar-refractivity contribution in [2.45, 2.75) is 19.4 Å². The van der Waals surface area contributed by atoms with Crippen LogP contribution in [0.3, 0.4) is 0 Å². The average molecular weight is 503 g/mol. The Morgan fingerprint density at radius 2 is 1.78 bits per heavy atom. The highest BCUT2D eigenvalue weighted by atomic mass is 16.5. The van der Waals surface area contributed by atoms with Gasteiger partial charge in [-0.05, 0) is 54.4 Å². The van der Waals surface area contributed by atoms with Crippen molar-refractivity contribution in [3.05, 3.63) is 89.3 Å². The molecule has 2 heterocycles. The maximum atomic E-state index is 13.4. The lowest BCUT2D eigenvalue weighted by atomic mass is 9.96. The third-order valence-corrected chi connectivity index (χ3v) is 5.90. The molecule has 190 valence electrons. The minimum Gasteiger partial charge on any atom is -0.507 e. The molecule has 37 heavy (non-hydrogen) atoms. The van der Waals surface area contributed by atoms with Crippen molar-refractivity contribution in [1.82, 2.24) is 4.98 Å². The van der Waals surface area contributed by atoms with Crippen LogP contribution in [0.25, 0.3) is 5.76 Å². The Morgan fingerprint density at radius 1 is 1.00 bits per heavy atom. The molecular formula is C28H26N2O7. The van der Waals surface area contributed by atoms with Crippen molar-refractivity contribution in [3.8, 4) is 11.5 Å². The van der Waals surface area contributed by atoms with Crippen LogP contribution in [-0.2, 0) is 14.3 Å². The second-order valence-electron chi connectivity index (χ2n) is 8.21. The predicted octanol–water partition coefficient (Wildman–Crippen LogP) is 4.29. The Kier molecular flexibility index (Phi) is 7.52. The molecule has 1 aliphatic heterocycles. The lowest BCUT2D eigenvalue weighted by molar-refractivity contribution is -0.132. The van der Waals surface area contributed by atoms with E-state index in [0.717, 1.165) is 0 Å². The third kappa shape index (κ3) is 4.88. The number of aromatic nitrogens is 1. The van der Waals surface area contributed by atoms with Crippen LogP contribution in [-0.4, -0.2) is 48.6 Å². The number of anilines is 1. The van der Waals surface area contributed by atoms with Crippen LogP contribution in [0.4, 0.5) is 5.69 Å². The molecule has 1 N–H and O–H groups in total. The fourth-order valence-electron chi connectivity index (χ4n) is 4.15. The molecule has 1 aromatic heterocycles. The van der Waals surface area contributed by atoms with Gasteiger partial charge in [0.15, 0.2) is 11.5 Å². The quantitative estimate of drug-likeness (QED) is 0.210. The Bertz CT molecular complexity index is 1370. The Morgan fingerprint density at radius 3 is 2.46 bits per heavy atom. The summed E-state index contributed by atoms with van der Waals surface area (Å²) in [6.07, 6.45) is 3.75. The molecule has 0 spiro atoms. The van der Waals surface area contributed by atoms with Crippen LogP contribution < -0.4 is 14.4 Å². The molecule has 0 saturated carbocycles. The number of aliphatic hydroxyl groups excluding tert-OH is 1. The van der Waals surface area contributed by atoms with Crippen LogP contribution in [0.15, 0.2) is 72.6 Å². The number of ether oxygens (including phenoxy) is 3. The van der Waals surface area contributed by atoms with Crippen molar-refractivity contribution in [2.24, 2.45) is 0 Å². The van der Waals surface area contributed by atoms with Gasteiger partial charge in [-0.15, -0.1) is 0 Å². The number of esters is 1. The fraction of sp³-hybridized carbons (Fsp3) is 0.214. The first-order valence-corrected chi connectivity index (χ1v) is 11.6.